The summed E-state index contributed by atoms with van der Waals surface area (Å²) in [5.41, 5.74) is 0. The third-order valence-corrected chi connectivity index (χ3v) is 3.63. The van der Waals surface area contributed by atoms with E-state index in [1.807, 2.05) is 13.8 Å². The molecule has 0 spiro atoms. The van der Waals surface area contributed by atoms with E-state index in [4.69, 9.17) is 16.3 Å². The summed E-state index contributed by atoms with van der Waals surface area (Å²) in [5, 5.41) is 0. The number of nitrogens with one attached hydrogen (secondary N) is 1. The summed E-state index contributed by atoms with van der Waals surface area (Å²) in [6.45, 7) is 5.12. The Morgan fingerprint density at radius 1 is 1.25 bits per heavy atom. The van der Waals surface area contributed by atoms with Crippen molar-refractivity contribution in [3.63, 3.8) is 0 Å². The van der Waals surface area contributed by atoms with Crippen LogP contribution in [-0.4, -0.2) is 39.3 Å². The minimum atomic E-state index is -3.12. The van der Waals surface area contributed by atoms with Crippen molar-refractivity contribution in [2.24, 2.45) is 0 Å². The van der Waals surface area contributed by atoms with E-state index in [9.17, 15) is 8.42 Å². The number of sulfonamides is 1. The summed E-state index contributed by atoms with van der Waals surface area (Å²) in [4.78, 5) is 0. The van der Waals surface area contributed by atoms with Crippen LogP contribution >= 0.6 is 11.6 Å². The molecule has 0 aliphatic rings. The van der Waals surface area contributed by atoms with Crippen LogP contribution in [-0.2, 0) is 14.8 Å². The van der Waals surface area contributed by atoms with E-state index in [0.29, 0.717) is 25.5 Å². The predicted molar refractivity (Wildman–Crippen MR) is 67.4 cm³/mol. The number of halogens is 1. The molecular formula is C10H22ClNO3S. The van der Waals surface area contributed by atoms with Crippen molar-refractivity contribution in [3.05, 3.63) is 0 Å². The molecule has 6 heteroatoms. The lowest BCUT2D eigenvalue weighted by atomic mass is 10.3. The van der Waals surface area contributed by atoms with Gasteiger partial charge < -0.3 is 4.74 Å². The van der Waals surface area contributed by atoms with Crippen LogP contribution < -0.4 is 4.72 Å². The fourth-order valence-corrected chi connectivity index (χ4v) is 2.51. The van der Waals surface area contributed by atoms with Crippen LogP contribution in [0.15, 0.2) is 0 Å². The summed E-state index contributed by atoms with van der Waals surface area (Å²) >= 11 is 5.43. The molecule has 0 amide bonds. The van der Waals surface area contributed by atoms with Gasteiger partial charge in [0.15, 0.2) is 0 Å². The zero-order chi connectivity index (χ0) is 12.4. The van der Waals surface area contributed by atoms with Gasteiger partial charge in [-0.05, 0) is 33.1 Å². The van der Waals surface area contributed by atoms with E-state index < -0.39 is 10.0 Å². The molecule has 98 valence electrons. The van der Waals surface area contributed by atoms with E-state index in [1.54, 1.807) is 0 Å². The first-order chi connectivity index (χ1) is 7.48. The molecule has 0 atom stereocenters. The van der Waals surface area contributed by atoms with E-state index in [2.05, 4.69) is 4.72 Å². The number of unbranched alkanes of at least 4 members (excludes halogenated alkanes) is 1. The Hall–Kier alpha value is 0.160. The highest BCUT2D eigenvalue weighted by molar-refractivity contribution is 7.89. The molecule has 0 unspecified atom stereocenters. The van der Waals surface area contributed by atoms with Crippen LogP contribution in [0.5, 0.6) is 0 Å². The molecule has 0 aromatic carbocycles. The fourth-order valence-electron chi connectivity index (χ4n) is 1.09. The SMILES string of the molecule is CC(C)OCCCCNS(=O)(=O)CCCCl. The van der Waals surface area contributed by atoms with Crippen molar-refractivity contribution in [1.82, 2.24) is 4.72 Å². The zero-order valence-corrected chi connectivity index (χ0v) is 11.6. The summed E-state index contributed by atoms with van der Waals surface area (Å²) in [6, 6.07) is 0. The Morgan fingerprint density at radius 2 is 1.94 bits per heavy atom. The molecule has 1 N–H and O–H groups in total. The molecule has 0 saturated carbocycles. The van der Waals surface area contributed by atoms with Crippen LogP contribution in [0.1, 0.15) is 33.1 Å². The lowest BCUT2D eigenvalue weighted by Crippen LogP contribution is -2.27. The molecule has 0 radical (unpaired) electrons. The van der Waals surface area contributed by atoms with Gasteiger partial charge in [0.05, 0.1) is 11.9 Å². The van der Waals surface area contributed by atoms with Crippen LogP contribution in [0.4, 0.5) is 0 Å². The Labute approximate surface area is 104 Å². The van der Waals surface area contributed by atoms with E-state index in [0.717, 1.165) is 12.8 Å². The normalized spacial score (nSPS) is 12.2. The maximum atomic E-state index is 11.3. The minimum Gasteiger partial charge on any atom is -0.379 e. The Balaban J connectivity index is 3.43. The Bertz CT molecular complexity index is 255. The van der Waals surface area contributed by atoms with Gasteiger partial charge in [-0.1, -0.05) is 0 Å². The maximum Gasteiger partial charge on any atom is 0.211 e. The van der Waals surface area contributed by atoms with Crippen molar-refractivity contribution in [3.8, 4) is 0 Å². The highest BCUT2D eigenvalue weighted by Crippen LogP contribution is 1.96. The number of hydrogen-bond donors (Lipinski definition) is 1. The molecule has 0 aliphatic heterocycles. The van der Waals surface area contributed by atoms with Gasteiger partial charge in [0.1, 0.15) is 0 Å². The number of alkyl halides is 1. The fraction of sp³-hybridized carbons (Fsp3) is 1.00. The van der Waals surface area contributed by atoms with Crippen molar-refractivity contribution in [2.45, 2.75) is 39.2 Å². The monoisotopic (exact) mass is 271 g/mol. The van der Waals surface area contributed by atoms with Gasteiger partial charge in [0, 0.05) is 19.0 Å². The molecule has 0 aromatic heterocycles. The summed E-state index contributed by atoms with van der Waals surface area (Å²) < 4.78 is 30.5. The average Bonchev–Trinajstić information content (AvgIpc) is 2.20. The number of rotatable bonds is 10. The maximum absolute atomic E-state index is 11.3. The average molecular weight is 272 g/mol. The smallest absolute Gasteiger partial charge is 0.211 e. The molecule has 0 fully saturated rings. The summed E-state index contributed by atoms with van der Waals surface area (Å²) in [5.74, 6) is 0.488. The second-order valence-electron chi connectivity index (χ2n) is 3.88. The molecule has 0 rings (SSSR count). The van der Waals surface area contributed by atoms with E-state index in [1.165, 1.54) is 0 Å². The number of ether oxygens (including phenoxy) is 1. The second-order valence-corrected chi connectivity index (χ2v) is 6.19. The molecular weight excluding hydrogens is 250 g/mol. The predicted octanol–water partition coefficient (Wildman–Crippen LogP) is 1.74. The van der Waals surface area contributed by atoms with Gasteiger partial charge in [0.25, 0.3) is 0 Å². The van der Waals surface area contributed by atoms with Gasteiger partial charge >= 0.3 is 0 Å². The largest absolute Gasteiger partial charge is 0.379 e. The lowest BCUT2D eigenvalue weighted by Gasteiger charge is -2.08. The highest BCUT2D eigenvalue weighted by Gasteiger charge is 2.07. The molecule has 0 heterocycles. The molecule has 0 aromatic rings. The van der Waals surface area contributed by atoms with Crippen LogP contribution in [0.25, 0.3) is 0 Å². The first-order valence-corrected chi connectivity index (χ1v) is 7.81. The molecule has 0 aliphatic carbocycles. The van der Waals surface area contributed by atoms with E-state index in [-0.39, 0.29) is 11.9 Å². The standard InChI is InChI=1S/C10H22ClNO3S/c1-10(2)15-8-4-3-7-12-16(13,14)9-5-6-11/h10,12H,3-9H2,1-2H3. The third-order valence-electron chi connectivity index (χ3n) is 1.89. The first-order valence-electron chi connectivity index (χ1n) is 5.63. The summed E-state index contributed by atoms with van der Waals surface area (Å²) in [7, 11) is -3.12. The van der Waals surface area contributed by atoms with Gasteiger partial charge in [-0.15, -0.1) is 11.6 Å². The highest BCUT2D eigenvalue weighted by atomic mass is 35.5. The first kappa shape index (κ1) is 16.2. The van der Waals surface area contributed by atoms with Crippen molar-refractivity contribution < 1.29 is 13.2 Å². The summed E-state index contributed by atoms with van der Waals surface area (Å²) in [6.07, 6.45) is 2.40. The second kappa shape index (κ2) is 9.22. The van der Waals surface area contributed by atoms with Crippen molar-refractivity contribution >= 4 is 21.6 Å². The van der Waals surface area contributed by atoms with E-state index >= 15 is 0 Å². The topological polar surface area (TPSA) is 55.4 Å². The quantitative estimate of drug-likeness (QED) is 0.486. The minimum absolute atomic E-state index is 0.110. The van der Waals surface area contributed by atoms with Crippen LogP contribution in [0, 0.1) is 0 Å². The zero-order valence-electron chi connectivity index (χ0n) is 10.0. The van der Waals surface area contributed by atoms with Crippen LogP contribution in [0.2, 0.25) is 0 Å². The third kappa shape index (κ3) is 10.7. The Morgan fingerprint density at radius 3 is 2.50 bits per heavy atom. The van der Waals surface area contributed by atoms with Gasteiger partial charge in [-0.2, -0.15) is 0 Å². The van der Waals surface area contributed by atoms with Crippen molar-refractivity contribution in [2.75, 3.05) is 24.8 Å². The van der Waals surface area contributed by atoms with Gasteiger partial charge in [0.2, 0.25) is 10.0 Å². The lowest BCUT2D eigenvalue weighted by molar-refractivity contribution is 0.0762. The number of hydrogen-bond acceptors (Lipinski definition) is 3. The van der Waals surface area contributed by atoms with Crippen LogP contribution in [0.3, 0.4) is 0 Å². The van der Waals surface area contributed by atoms with Gasteiger partial charge in [-0.3, -0.25) is 0 Å². The Kier molecular flexibility index (Phi) is 9.31. The van der Waals surface area contributed by atoms with Crippen molar-refractivity contribution in [1.29, 1.82) is 0 Å². The molecule has 0 saturated heterocycles. The molecule has 0 bridgehead atoms. The van der Waals surface area contributed by atoms with Gasteiger partial charge in [-0.25, -0.2) is 13.1 Å². The molecule has 16 heavy (non-hydrogen) atoms. The molecule has 4 nitrogen and oxygen atoms in total.